The van der Waals surface area contributed by atoms with Gasteiger partial charge in [0.05, 0.1) is 11.8 Å². The summed E-state index contributed by atoms with van der Waals surface area (Å²) in [4.78, 5) is 58.7. The van der Waals surface area contributed by atoms with E-state index >= 15 is 0 Å². The predicted octanol–water partition coefficient (Wildman–Crippen LogP) is 6.72. The fourth-order valence-electron chi connectivity index (χ4n) is 4.10. The fourth-order valence-corrected chi connectivity index (χ4v) is 4.10. The first-order chi connectivity index (χ1) is 18.8. The van der Waals surface area contributed by atoms with Gasteiger partial charge in [0.15, 0.2) is 0 Å². The Morgan fingerprint density at radius 1 is 0.462 bits per heavy atom. The van der Waals surface area contributed by atoms with Crippen molar-refractivity contribution < 1.29 is 59.8 Å². The number of unbranched alkanes of at least 4 members (excludes halogenated alkanes) is 11. The molecule has 0 rings (SSSR count). The first-order valence-electron chi connectivity index (χ1n) is 14.2. The van der Waals surface area contributed by atoms with Crippen molar-refractivity contribution in [3.05, 3.63) is 0 Å². The molecule has 0 aromatic rings. The van der Waals surface area contributed by atoms with Gasteiger partial charge in [-0.1, -0.05) is 97.3 Å². The maximum atomic E-state index is 11.4. The van der Waals surface area contributed by atoms with E-state index in [1.807, 2.05) is 0 Å². The molecular weight excluding hydrogens is 516 g/mol. The van der Waals surface area contributed by atoms with Crippen molar-refractivity contribution >= 4 is 23.9 Å². The third-order valence-electron chi connectivity index (χ3n) is 6.51. The Balaban J connectivity index is 0. The number of rotatable bonds is 23. The van der Waals surface area contributed by atoms with E-state index in [1.54, 1.807) is 0 Å². The van der Waals surface area contributed by atoms with Crippen LogP contribution < -0.4 is 0 Å². The summed E-state index contributed by atoms with van der Waals surface area (Å²) in [7, 11) is 0. The van der Waals surface area contributed by atoms with Gasteiger partial charge < -0.3 is 19.6 Å². The maximum absolute atomic E-state index is 11.4. The van der Waals surface area contributed by atoms with Crippen molar-refractivity contribution in [2.45, 2.75) is 136 Å². The summed E-state index contributed by atoms with van der Waals surface area (Å²) in [6, 6.07) is 0. The van der Waals surface area contributed by atoms with Gasteiger partial charge >= 0.3 is 23.9 Å². The lowest BCUT2D eigenvalue weighted by molar-refractivity contribution is -0.241. The lowest BCUT2D eigenvalue weighted by Gasteiger charge is -2.12. The number of carbonyl (C=O) groups is 4. The molecule has 0 aliphatic heterocycles. The minimum absolute atomic E-state index is 0.0761. The van der Waals surface area contributed by atoms with Crippen LogP contribution in [-0.4, -0.2) is 44.9 Å². The van der Waals surface area contributed by atoms with Crippen LogP contribution in [0.1, 0.15) is 136 Å². The van der Waals surface area contributed by atoms with Crippen LogP contribution in [-0.2, 0) is 38.7 Å². The average molecular weight is 567 g/mol. The molecule has 4 N–H and O–H groups in total. The molecule has 0 amide bonds. The van der Waals surface area contributed by atoms with Gasteiger partial charge in [0.25, 0.3) is 0 Å². The van der Waals surface area contributed by atoms with Gasteiger partial charge in [-0.25, -0.2) is 19.2 Å². The molecule has 0 saturated carbocycles. The van der Waals surface area contributed by atoms with E-state index < -0.39 is 35.7 Å². The van der Waals surface area contributed by atoms with Gasteiger partial charge in [0, 0.05) is 12.8 Å². The normalized spacial score (nSPS) is 11.9. The molecule has 39 heavy (non-hydrogen) atoms. The van der Waals surface area contributed by atoms with Crippen LogP contribution in [0.25, 0.3) is 0 Å². The lowest BCUT2D eigenvalue weighted by atomic mass is 9.95. The van der Waals surface area contributed by atoms with E-state index in [0.29, 0.717) is 12.8 Å². The lowest BCUT2D eigenvalue weighted by Crippen LogP contribution is -2.18. The molecule has 0 aromatic heterocycles. The minimum Gasteiger partial charge on any atom is -0.301 e. The van der Waals surface area contributed by atoms with Crippen LogP contribution in [0.3, 0.4) is 0 Å². The summed E-state index contributed by atoms with van der Waals surface area (Å²) in [5.74, 6) is -4.12. The van der Waals surface area contributed by atoms with Crippen molar-refractivity contribution in [2.24, 2.45) is 11.8 Å². The Morgan fingerprint density at radius 3 is 1.05 bits per heavy atom. The standard InChI is InChI=1S/C15H28O6.C12H22O6/c1-2-3-4-5-6-7-8-9-10-13(15(17)21-19)11-12-14(16)20-18;1-2-3-4-5-6-7-10(12(14)18-16)8-9-11(13)17-15/h13,18-19H,2-12H2,1H3;10,15-16H,2-9H2,1H3. The molecule has 2 unspecified atom stereocenters. The van der Waals surface area contributed by atoms with E-state index in [9.17, 15) is 19.2 Å². The predicted molar refractivity (Wildman–Crippen MR) is 141 cm³/mol. The summed E-state index contributed by atoms with van der Waals surface area (Å²) < 4.78 is 0. The Bertz CT molecular complexity index is 626. The molecule has 0 aliphatic carbocycles. The van der Waals surface area contributed by atoms with Gasteiger partial charge in [-0.15, -0.1) is 0 Å². The highest BCUT2D eigenvalue weighted by Crippen LogP contribution is 2.20. The van der Waals surface area contributed by atoms with Crippen LogP contribution in [0.4, 0.5) is 0 Å². The van der Waals surface area contributed by atoms with Gasteiger partial charge in [0.2, 0.25) is 0 Å². The van der Waals surface area contributed by atoms with Crippen molar-refractivity contribution in [1.82, 2.24) is 0 Å². The zero-order chi connectivity index (χ0) is 29.7. The molecule has 0 saturated heterocycles. The minimum atomic E-state index is -0.795. The first kappa shape index (κ1) is 38.9. The molecule has 230 valence electrons. The van der Waals surface area contributed by atoms with Crippen molar-refractivity contribution in [3.8, 4) is 0 Å². The second-order valence-electron chi connectivity index (χ2n) is 9.68. The van der Waals surface area contributed by atoms with E-state index in [0.717, 1.165) is 51.4 Å². The Hall–Kier alpha value is -2.28. The maximum Gasteiger partial charge on any atom is 0.345 e. The summed E-state index contributed by atoms with van der Waals surface area (Å²) in [5.41, 5.74) is 0. The summed E-state index contributed by atoms with van der Waals surface area (Å²) in [6.07, 6.45) is 15.9. The Labute approximate surface area is 231 Å². The Kier molecular flexibility index (Phi) is 28.6. The molecule has 12 heteroatoms. The second-order valence-corrected chi connectivity index (χ2v) is 9.68. The van der Waals surface area contributed by atoms with Gasteiger partial charge in [-0.05, 0) is 25.7 Å². The number of carbonyl (C=O) groups excluding carboxylic acids is 4. The summed E-state index contributed by atoms with van der Waals surface area (Å²) in [5, 5.41) is 33.1. The van der Waals surface area contributed by atoms with Crippen molar-refractivity contribution in [1.29, 1.82) is 0 Å². The molecule has 0 aromatic carbocycles. The molecule has 2 atom stereocenters. The van der Waals surface area contributed by atoms with Crippen LogP contribution in [0.5, 0.6) is 0 Å². The third-order valence-corrected chi connectivity index (χ3v) is 6.51. The summed E-state index contributed by atoms with van der Waals surface area (Å²) >= 11 is 0. The highest BCUT2D eigenvalue weighted by Gasteiger charge is 2.22. The quantitative estimate of drug-likeness (QED) is 0.0443. The number of hydrogen-bond donors (Lipinski definition) is 4. The highest BCUT2D eigenvalue weighted by atomic mass is 17.1. The van der Waals surface area contributed by atoms with Gasteiger partial charge in [0.1, 0.15) is 0 Å². The van der Waals surface area contributed by atoms with Gasteiger partial charge in [-0.2, -0.15) is 21.0 Å². The first-order valence-corrected chi connectivity index (χ1v) is 14.2. The molecule has 0 spiro atoms. The van der Waals surface area contributed by atoms with Crippen LogP contribution in [0.15, 0.2) is 0 Å². The van der Waals surface area contributed by atoms with Crippen molar-refractivity contribution in [3.63, 3.8) is 0 Å². The summed E-state index contributed by atoms with van der Waals surface area (Å²) in [6.45, 7) is 4.30. The molecule has 12 nitrogen and oxygen atoms in total. The monoisotopic (exact) mass is 566 g/mol. The average Bonchev–Trinajstić information content (AvgIpc) is 2.96. The molecule has 0 bridgehead atoms. The molecule has 0 radical (unpaired) electrons. The smallest absolute Gasteiger partial charge is 0.301 e. The SMILES string of the molecule is CCCCCCCC(CCC(=O)OO)C(=O)OO.CCCCCCCCCCC(CCC(=O)OO)C(=O)OO. The second kappa shape index (κ2) is 28.7. The van der Waals surface area contributed by atoms with E-state index in [2.05, 4.69) is 33.4 Å². The fraction of sp³-hybridized carbons (Fsp3) is 0.852. The van der Waals surface area contributed by atoms with E-state index in [1.165, 1.54) is 32.1 Å². The largest absolute Gasteiger partial charge is 0.345 e. The van der Waals surface area contributed by atoms with Gasteiger partial charge in [-0.3, -0.25) is 0 Å². The zero-order valence-corrected chi connectivity index (χ0v) is 23.6. The van der Waals surface area contributed by atoms with Crippen LogP contribution >= 0.6 is 0 Å². The molecular formula is C27H50O12. The third kappa shape index (κ3) is 24.5. The van der Waals surface area contributed by atoms with E-state index in [-0.39, 0.29) is 25.7 Å². The topological polar surface area (TPSA) is 186 Å². The molecule has 0 aliphatic rings. The Morgan fingerprint density at radius 2 is 0.769 bits per heavy atom. The van der Waals surface area contributed by atoms with Crippen LogP contribution in [0.2, 0.25) is 0 Å². The van der Waals surface area contributed by atoms with Crippen LogP contribution in [0, 0.1) is 11.8 Å². The highest BCUT2D eigenvalue weighted by molar-refractivity contribution is 5.74. The van der Waals surface area contributed by atoms with E-state index in [4.69, 9.17) is 21.0 Å². The van der Waals surface area contributed by atoms with Crippen molar-refractivity contribution in [2.75, 3.05) is 0 Å². The number of hydrogen-bond acceptors (Lipinski definition) is 12. The zero-order valence-electron chi connectivity index (χ0n) is 23.6. The molecule has 0 fully saturated rings. The molecule has 0 heterocycles.